The van der Waals surface area contributed by atoms with Gasteiger partial charge in [-0.1, -0.05) is 19.4 Å². The van der Waals surface area contributed by atoms with Gasteiger partial charge in [0.15, 0.2) is 0 Å². The zero-order valence-electron chi connectivity index (χ0n) is 18.8. The third-order valence-electron chi connectivity index (χ3n) is 7.06. The van der Waals surface area contributed by atoms with E-state index in [1.807, 2.05) is 18.2 Å². The Kier molecular flexibility index (Phi) is 6.08. The fourth-order valence-corrected chi connectivity index (χ4v) is 5.70. The van der Waals surface area contributed by atoms with Gasteiger partial charge in [0.05, 0.1) is 56.2 Å². The van der Waals surface area contributed by atoms with Gasteiger partial charge in [-0.25, -0.2) is 4.79 Å². The van der Waals surface area contributed by atoms with Crippen molar-refractivity contribution in [3.05, 3.63) is 35.6 Å². The number of nitrogens with zero attached hydrogens (tertiary/aromatic N) is 2. The molecule has 3 aliphatic rings. The number of carbonyl (C=O) groups is 1. The number of esters is 1. The maximum atomic E-state index is 12.6. The molecule has 0 amide bonds. The molecule has 1 aromatic carbocycles. The number of aliphatic hydroxyl groups is 1. The monoisotopic (exact) mass is 428 g/mol. The van der Waals surface area contributed by atoms with E-state index < -0.39 is 5.60 Å². The minimum Gasteiger partial charge on any atom is -0.504 e. The number of aliphatic imine (C=N–C) groups is 1. The quantitative estimate of drug-likeness (QED) is 0.426. The lowest BCUT2D eigenvalue weighted by Crippen LogP contribution is -2.60. The number of benzene rings is 1. The smallest absolute Gasteiger partial charge is 0.337 e. The second-order valence-corrected chi connectivity index (χ2v) is 8.66. The lowest BCUT2D eigenvalue weighted by Gasteiger charge is -2.50. The second kappa shape index (κ2) is 8.63. The molecule has 0 radical (unpaired) electrons. The molecule has 3 heterocycles. The van der Waals surface area contributed by atoms with Crippen molar-refractivity contribution < 1.29 is 24.1 Å². The molecule has 0 saturated carbocycles. The van der Waals surface area contributed by atoms with E-state index in [0.29, 0.717) is 30.1 Å². The van der Waals surface area contributed by atoms with Gasteiger partial charge in [0.25, 0.3) is 0 Å². The number of carbonyl (C=O) groups excluding carboxylic acids is 1. The first-order valence-electron chi connectivity index (χ1n) is 11.0. The molecule has 7 nitrogen and oxygen atoms in total. The van der Waals surface area contributed by atoms with Crippen LogP contribution in [0.4, 0.5) is 5.69 Å². The van der Waals surface area contributed by atoms with Crippen molar-refractivity contribution in [3.63, 3.8) is 0 Å². The highest BCUT2D eigenvalue weighted by molar-refractivity contribution is 6.05. The van der Waals surface area contributed by atoms with Gasteiger partial charge in [0.2, 0.25) is 0 Å². The van der Waals surface area contributed by atoms with Crippen molar-refractivity contribution in [2.24, 2.45) is 16.8 Å². The summed E-state index contributed by atoms with van der Waals surface area (Å²) in [6.45, 7) is 3.79. The van der Waals surface area contributed by atoms with Gasteiger partial charge in [-0.3, -0.25) is 9.89 Å². The van der Waals surface area contributed by atoms with E-state index in [0.717, 1.165) is 42.9 Å². The summed E-state index contributed by atoms with van der Waals surface area (Å²) in [5, 5.41) is 11.8. The Balaban J connectivity index is 1.72. The van der Waals surface area contributed by atoms with Crippen LogP contribution < -0.4 is 4.74 Å². The number of methoxy groups -OCH3 is 3. The van der Waals surface area contributed by atoms with E-state index in [-0.39, 0.29) is 17.9 Å². The van der Waals surface area contributed by atoms with Crippen LogP contribution in [0, 0.1) is 11.8 Å². The molecule has 0 spiro atoms. The summed E-state index contributed by atoms with van der Waals surface area (Å²) in [7, 11) is 4.58. The Morgan fingerprint density at radius 2 is 2.16 bits per heavy atom. The minimum absolute atomic E-state index is 0.0238. The summed E-state index contributed by atoms with van der Waals surface area (Å²) >= 11 is 0. The lowest BCUT2D eigenvalue weighted by molar-refractivity contribution is -0.137. The molecule has 3 aliphatic heterocycles. The summed E-state index contributed by atoms with van der Waals surface area (Å²) in [6, 6.07) is 5.65. The normalized spacial score (nSPS) is 30.0. The molecule has 4 rings (SSSR count). The van der Waals surface area contributed by atoms with Crippen molar-refractivity contribution in [2.75, 3.05) is 34.4 Å². The summed E-state index contributed by atoms with van der Waals surface area (Å²) in [5.74, 6) is 0.597. The Bertz CT molecular complexity index is 911. The highest BCUT2D eigenvalue weighted by atomic mass is 16.5. The fourth-order valence-electron chi connectivity index (χ4n) is 5.70. The van der Waals surface area contributed by atoms with Crippen molar-refractivity contribution in [1.29, 1.82) is 0 Å². The molecule has 1 aromatic rings. The molecule has 4 atom stereocenters. The standard InChI is InChI=1S/C24H32N2O5/c1-5-7-15-13-26-11-10-24(28)21-18(8-6-9-20(21)30-3)25-22(24)19(26)12-16(15)17(14-29-2)23(27)31-4/h6,8-9,14-16,19,28H,5,7,10-13H2,1-4H3/b17-14+/t15-,16+,19+,24+/m1/s1. The first-order chi connectivity index (χ1) is 15.0. The molecule has 31 heavy (non-hydrogen) atoms. The highest BCUT2D eigenvalue weighted by Gasteiger charge is 2.54. The molecule has 2 saturated heterocycles. The van der Waals surface area contributed by atoms with E-state index in [1.54, 1.807) is 14.2 Å². The van der Waals surface area contributed by atoms with Crippen LogP contribution in [0.5, 0.6) is 5.75 Å². The molecule has 7 heteroatoms. The predicted octanol–water partition coefficient (Wildman–Crippen LogP) is 3.18. The third kappa shape index (κ3) is 3.53. The predicted molar refractivity (Wildman–Crippen MR) is 118 cm³/mol. The van der Waals surface area contributed by atoms with Crippen molar-refractivity contribution >= 4 is 17.4 Å². The van der Waals surface area contributed by atoms with E-state index in [2.05, 4.69) is 11.8 Å². The van der Waals surface area contributed by atoms with Crippen molar-refractivity contribution in [3.8, 4) is 5.75 Å². The number of rotatable bonds is 6. The van der Waals surface area contributed by atoms with E-state index in [9.17, 15) is 9.90 Å². The van der Waals surface area contributed by atoms with Gasteiger partial charge in [0.1, 0.15) is 11.4 Å². The fraction of sp³-hybridized carbons (Fsp3) is 0.583. The van der Waals surface area contributed by atoms with Gasteiger partial charge >= 0.3 is 5.97 Å². The Morgan fingerprint density at radius 3 is 2.84 bits per heavy atom. The number of hydrogen-bond donors (Lipinski definition) is 1. The molecule has 0 aromatic heterocycles. The van der Waals surface area contributed by atoms with Crippen LogP contribution in [0.1, 0.15) is 38.2 Å². The maximum absolute atomic E-state index is 12.6. The molecular formula is C24H32N2O5. The maximum Gasteiger partial charge on any atom is 0.337 e. The lowest BCUT2D eigenvalue weighted by atomic mass is 9.70. The van der Waals surface area contributed by atoms with Crippen molar-refractivity contribution in [2.45, 2.75) is 44.2 Å². The molecule has 0 unspecified atom stereocenters. The van der Waals surface area contributed by atoms with Crippen LogP contribution in [0.3, 0.4) is 0 Å². The van der Waals surface area contributed by atoms with Crippen LogP contribution in [-0.2, 0) is 19.9 Å². The first-order valence-corrected chi connectivity index (χ1v) is 11.0. The molecule has 168 valence electrons. The molecule has 0 bridgehead atoms. The zero-order valence-corrected chi connectivity index (χ0v) is 18.8. The van der Waals surface area contributed by atoms with Crippen LogP contribution >= 0.6 is 0 Å². The molecule has 1 N–H and O–H groups in total. The minimum atomic E-state index is -1.14. The number of ether oxygens (including phenoxy) is 3. The number of hydrogen-bond acceptors (Lipinski definition) is 7. The third-order valence-corrected chi connectivity index (χ3v) is 7.06. The average Bonchev–Trinajstić information content (AvgIpc) is 3.10. The van der Waals surface area contributed by atoms with Gasteiger partial charge in [0, 0.05) is 19.0 Å². The van der Waals surface area contributed by atoms with Crippen LogP contribution in [-0.4, -0.2) is 62.1 Å². The molecular weight excluding hydrogens is 396 g/mol. The van der Waals surface area contributed by atoms with Crippen molar-refractivity contribution in [1.82, 2.24) is 4.90 Å². The number of fused-ring (bicyclic) bond motifs is 5. The largest absolute Gasteiger partial charge is 0.504 e. The summed E-state index contributed by atoms with van der Waals surface area (Å²) < 4.78 is 15.9. The average molecular weight is 429 g/mol. The van der Waals surface area contributed by atoms with Crippen LogP contribution in [0.2, 0.25) is 0 Å². The molecule has 0 aliphatic carbocycles. The topological polar surface area (TPSA) is 80.6 Å². The SMILES string of the molecule is CCC[C@@H]1CN2CC[C@@]3(O)C(=Nc4cccc(OC)c43)[C@@H]2C[C@@H]1/C(=C\OC)C(=O)OC. The Labute approximate surface area is 183 Å². The van der Waals surface area contributed by atoms with Gasteiger partial charge in [-0.2, -0.15) is 0 Å². The molecule has 2 fully saturated rings. The van der Waals surface area contributed by atoms with Gasteiger partial charge in [-0.15, -0.1) is 0 Å². The summed E-state index contributed by atoms with van der Waals surface area (Å²) in [4.78, 5) is 19.9. The second-order valence-electron chi connectivity index (χ2n) is 8.66. The van der Waals surface area contributed by atoms with E-state index >= 15 is 0 Å². The Hall–Kier alpha value is -2.38. The summed E-state index contributed by atoms with van der Waals surface area (Å²) in [5.41, 5.74) is 1.72. The first kappa shape index (κ1) is 21.8. The zero-order chi connectivity index (χ0) is 22.2. The van der Waals surface area contributed by atoms with E-state index in [1.165, 1.54) is 13.4 Å². The highest BCUT2D eigenvalue weighted by Crippen LogP contribution is 2.51. The van der Waals surface area contributed by atoms with E-state index in [4.69, 9.17) is 19.2 Å². The summed E-state index contributed by atoms with van der Waals surface area (Å²) in [6.07, 6.45) is 4.84. The van der Waals surface area contributed by atoms with Gasteiger partial charge < -0.3 is 19.3 Å². The van der Waals surface area contributed by atoms with Crippen LogP contribution in [0.25, 0.3) is 0 Å². The van der Waals surface area contributed by atoms with Crippen LogP contribution in [0.15, 0.2) is 35.0 Å². The van der Waals surface area contributed by atoms with Gasteiger partial charge in [-0.05, 0) is 37.3 Å². The Morgan fingerprint density at radius 1 is 1.35 bits per heavy atom. The number of piperidine rings is 2.